The van der Waals surface area contributed by atoms with Crippen molar-refractivity contribution in [2.75, 3.05) is 11.3 Å². The predicted molar refractivity (Wildman–Crippen MR) is 93.6 cm³/mol. The maximum absolute atomic E-state index is 12.5. The Hall–Kier alpha value is -2.46. The third kappa shape index (κ3) is 4.34. The van der Waals surface area contributed by atoms with Gasteiger partial charge in [-0.15, -0.1) is 11.3 Å². The number of ether oxygens (including phenoxy) is 1. The van der Waals surface area contributed by atoms with Gasteiger partial charge in [0, 0.05) is 17.0 Å². The molecule has 0 saturated carbocycles. The molecule has 0 fully saturated rings. The molecule has 0 aliphatic rings. The van der Waals surface area contributed by atoms with E-state index in [0.29, 0.717) is 6.42 Å². The molecular weight excluding hydrogens is 368 g/mol. The fourth-order valence-corrected chi connectivity index (χ4v) is 4.33. The normalized spacial score (nSPS) is 11.1. The maximum Gasteiger partial charge on any atom is 0.341 e. The summed E-state index contributed by atoms with van der Waals surface area (Å²) in [6.07, 6.45) is 0.621. The van der Waals surface area contributed by atoms with Crippen LogP contribution in [-0.2, 0) is 21.2 Å². The van der Waals surface area contributed by atoms with E-state index in [2.05, 4.69) is 4.72 Å². The third-order valence-corrected chi connectivity index (χ3v) is 5.86. The van der Waals surface area contributed by atoms with E-state index < -0.39 is 20.9 Å². The summed E-state index contributed by atoms with van der Waals surface area (Å²) in [5.41, 5.74) is -0.216. The maximum atomic E-state index is 12.5. The van der Waals surface area contributed by atoms with E-state index in [1.165, 1.54) is 18.2 Å². The van der Waals surface area contributed by atoms with Crippen molar-refractivity contribution in [2.24, 2.45) is 0 Å². The van der Waals surface area contributed by atoms with E-state index in [1.807, 2.05) is 6.92 Å². The quantitative estimate of drug-likeness (QED) is 0.445. The number of anilines is 1. The first-order valence-electron chi connectivity index (χ1n) is 7.35. The van der Waals surface area contributed by atoms with Crippen molar-refractivity contribution < 1.29 is 22.9 Å². The number of aryl methyl sites for hydroxylation is 1. The molecule has 0 aliphatic carbocycles. The zero-order valence-corrected chi connectivity index (χ0v) is 15.1. The predicted octanol–water partition coefficient (Wildman–Crippen LogP) is 3.20. The number of carbonyl (C=O) groups excluding carboxylic acids is 1. The molecule has 10 heteroatoms. The summed E-state index contributed by atoms with van der Waals surface area (Å²) < 4.78 is 32.3. The van der Waals surface area contributed by atoms with Gasteiger partial charge in [-0.1, -0.05) is 13.0 Å². The topological polar surface area (TPSA) is 116 Å². The highest BCUT2D eigenvalue weighted by molar-refractivity contribution is 7.93. The highest BCUT2D eigenvalue weighted by Crippen LogP contribution is 2.31. The standard InChI is InChI=1S/C15H16N2O6S2/c1-3-11-9-13(15(18)23-4-2)14(24-11)16-25(21,22)12-7-5-6-10(8-12)17(19)20/h5-9,16H,3-4H2,1-2H3. The van der Waals surface area contributed by atoms with E-state index in [0.717, 1.165) is 22.3 Å². The van der Waals surface area contributed by atoms with Crippen molar-refractivity contribution in [3.05, 3.63) is 50.9 Å². The van der Waals surface area contributed by atoms with Crippen LogP contribution in [0.5, 0.6) is 0 Å². The third-order valence-electron chi connectivity index (χ3n) is 3.19. The average Bonchev–Trinajstić information content (AvgIpc) is 2.97. The van der Waals surface area contributed by atoms with Crippen LogP contribution in [0.15, 0.2) is 35.2 Å². The molecule has 1 N–H and O–H groups in total. The number of benzene rings is 1. The first kappa shape index (κ1) is 18.9. The summed E-state index contributed by atoms with van der Waals surface area (Å²) in [5, 5.41) is 11.0. The molecule has 25 heavy (non-hydrogen) atoms. The van der Waals surface area contributed by atoms with Crippen LogP contribution in [0.2, 0.25) is 0 Å². The molecule has 1 aromatic heterocycles. The molecule has 8 nitrogen and oxygen atoms in total. The molecule has 1 aromatic carbocycles. The van der Waals surface area contributed by atoms with Gasteiger partial charge in [-0.25, -0.2) is 13.2 Å². The van der Waals surface area contributed by atoms with Crippen molar-refractivity contribution in [3.63, 3.8) is 0 Å². The molecule has 134 valence electrons. The molecular formula is C15H16N2O6S2. The first-order valence-corrected chi connectivity index (χ1v) is 9.65. The Morgan fingerprint density at radius 3 is 2.64 bits per heavy atom. The molecule has 1 heterocycles. The summed E-state index contributed by atoms with van der Waals surface area (Å²) in [5.74, 6) is -0.629. The molecule has 0 radical (unpaired) electrons. The van der Waals surface area contributed by atoms with E-state index in [-0.39, 0.29) is 27.8 Å². The summed E-state index contributed by atoms with van der Waals surface area (Å²) >= 11 is 1.12. The molecule has 0 spiro atoms. The van der Waals surface area contributed by atoms with E-state index >= 15 is 0 Å². The Morgan fingerprint density at radius 2 is 2.04 bits per heavy atom. The number of rotatable bonds is 7. The monoisotopic (exact) mass is 384 g/mol. The van der Waals surface area contributed by atoms with Gasteiger partial charge < -0.3 is 4.74 Å². The van der Waals surface area contributed by atoms with Crippen molar-refractivity contribution >= 4 is 38.0 Å². The molecule has 0 aliphatic heterocycles. The van der Waals surface area contributed by atoms with Gasteiger partial charge >= 0.3 is 5.97 Å². The number of non-ortho nitro benzene ring substituents is 1. The van der Waals surface area contributed by atoms with Gasteiger partial charge in [0.2, 0.25) is 0 Å². The fraction of sp³-hybridized carbons (Fsp3) is 0.267. The van der Waals surface area contributed by atoms with Crippen molar-refractivity contribution in [3.8, 4) is 0 Å². The highest BCUT2D eigenvalue weighted by atomic mass is 32.2. The lowest BCUT2D eigenvalue weighted by atomic mass is 10.2. The van der Waals surface area contributed by atoms with Gasteiger partial charge in [0.15, 0.2) is 0 Å². The number of thiophene rings is 1. The molecule has 2 aromatic rings. The van der Waals surface area contributed by atoms with Gasteiger partial charge in [0.25, 0.3) is 15.7 Å². The van der Waals surface area contributed by atoms with Gasteiger partial charge in [-0.2, -0.15) is 0 Å². The summed E-state index contributed by atoms with van der Waals surface area (Å²) in [7, 11) is -4.09. The van der Waals surface area contributed by atoms with Crippen LogP contribution >= 0.6 is 11.3 Å². The lowest BCUT2D eigenvalue weighted by Crippen LogP contribution is -2.15. The SMILES string of the molecule is CCOC(=O)c1cc(CC)sc1NS(=O)(=O)c1cccc([N+](=O)[O-])c1. The minimum atomic E-state index is -4.09. The minimum absolute atomic E-state index is 0.123. The number of nitrogens with zero attached hydrogens (tertiary/aromatic N) is 1. The molecule has 0 amide bonds. The van der Waals surface area contributed by atoms with Gasteiger partial charge in [-0.05, 0) is 25.5 Å². The number of carbonyl (C=O) groups is 1. The van der Waals surface area contributed by atoms with Crippen LogP contribution in [0.4, 0.5) is 10.7 Å². The summed E-state index contributed by atoms with van der Waals surface area (Å²) in [6.45, 7) is 3.69. The molecule has 0 bridgehead atoms. The number of hydrogen-bond donors (Lipinski definition) is 1. The number of nitro benzene ring substituents is 1. The lowest BCUT2D eigenvalue weighted by Gasteiger charge is -2.08. The number of sulfonamides is 1. The van der Waals surface area contributed by atoms with Crippen molar-refractivity contribution in [2.45, 2.75) is 25.2 Å². The summed E-state index contributed by atoms with van der Waals surface area (Å²) in [4.78, 5) is 22.7. The molecule has 2 rings (SSSR count). The Kier molecular flexibility index (Phi) is 5.75. The van der Waals surface area contributed by atoms with Crippen LogP contribution in [-0.4, -0.2) is 25.9 Å². The Morgan fingerprint density at radius 1 is 1.32 bits per heavy atom. The second-order valence-corrected chi connectivity index (χ2v) is 7.71. The van der Waals surface area contributed by atoms with Crippen LogP contribution in [0.3, 0.4) is 0 Å². The number of nitrogens with one attached hydrogen (secondary N) is 1. The van der Waals surface area contributed by atoms with Gasteiger partial charge in [0.1, 0.15) is 5.00 Å². The smallest absolute Gasteiger partial charge is 0.341 e. The van der Waals surface area contributed by atoms with Gasteiger partial charge in [0.05, 0.1) is 22.0 Å². The highest BCUT2D eigenvalue weighted by Gasteiger charge is 2.23. The Bertz CT molecular complexity index is 904. The largest absolute Gasteiger partial charge is 0.462 e. The van der Waals surface area contributed by atoms with Gasteiger partial charge in [-0.3, -0.25) is 14.8 Å². The van der Waals surface area contributed by atoms with Crippen LogP contribution in [0.1, 0.15) is 29.1 Å². The minimum Gasteiger partial charge on any atom is -0.462 e. The van der Waals surface area contributed by atoms with E-state index in [9.17, 15) is 23.3 Å². The second kappa shape index (κ2) is 7.62. The van der Waals surface area contributed by atoms with Crippen molar-refractivity contribution in [1.29, 1.82) is 0 Å². The first-order chi connectivity index (χ1) is 11.8. The summed E-state index contributed by atoms with van der Waals surface area (Å²) in [6, 6.07) is 6.26. The zero-order chi connectivity index (χ0) is 18.6. The Labute approximate surface area is 148 Å². The number of nitro groups is 1. The lowest BCUT2D eigenvalue weighted by molar-refractivity contribution is -0.385. The average molecular weight is 384 g/mol. The molecule has 0 saturated heterocycles. The molecule has 0 unspecified atom stereocenters. The fourth-order valence-electron chi connectivity index (χ4n) is 2.00. The molecule has 0 atom stereocenters. The van der Waals surface area contributed by atoms with Crippen LogP contribution in [0, 0.1) is 10.1 Å². The zero-order valence-electron chi connectivity index (χ0n) is 13.5. The van der Waals surface area contributed by atoms with E-state index in [4.69, 9.17) is 4.74 Å². The second-order valence-electron chi connectivity index (χ2n) is 4.89. The Balaban J connectivity index is 2.40. The van der Waals surface area contributed by atoms with Crippen LogP contribution < -0.4 is 4.72 Å². The number of esters is 1. The van der Waals surface area contributed by atoms with Crippen LogP contribution in [0.25, 0.3) is 0 Å². The van der Waals surface area contributed by atoms with Crippen molar-refractivity contribution in [1.82, 2.24) is 0 Å². The van der Waals surface area contributed by atoms with E-state index in [1.54, 1.807) is 13.0 Å². The number of hydrogen-bond acceptors (Lipinski definition) is 7.